The van der Waals surface area contributed by atoms with Crippen LogP contribution in [0.3, 0.4) is 0 Å². The van der Waals surface area contributed by atoms with Crippen molar-refractivity contribution < 1.29 is 9.13 Å². The molecule has 0 radical (unpaired) electrons. The third-order valence-corrected chi connectivity index (χ3v) is 5.48. The minimum absolute atomic E-state index is 0.190. The molecule has 140 valence electrons. The van der Waals surface area contributed by atoms with Crippen LogP contribution in [0, 0.1) is 5.82 Å². The van der Waals surface area contributed by atoms with E-state index in [0.717, 1.165) is 43.0 Å². The highest BCUT2D eigenvalue weighted by molar-refractivity contribution is 7.98. The number of morpholine rings is 1. The van der Waals surface area contributed by atoms with Crippen molar-refractivity contribution in [2.45, 2.75) is 17.5 Å². The van der Waals surface area contributed by atoms with Gasteiger partial charge in [0.1, 0.15) is 5.82 Å². The Kier molecular flexibility index (Phi) is 5.81. The van der Waals surface area contributed by atoms with Crippen LogP contribution in [-0.4, -0.2) is 46.0 Å². The summed E-state index contributed by atoms with van der Waals surface area (Å²) in [5.74, 6) is 1.21. The van der Waals surface area contributed by atoms with Crippen LogP contribution in [0.2, 0.25) is 0 Å². The number of halogens is 1. The van der Waals surface area contributed by atoms with Gasteiger partial charge in [-0.2, -0.15) is 0 Å². The maximum atomic E-state index is 14.0. The Labute approximate surface area is 162 Å². The fourth-order valence-electron chi connectivity index (χ4n) is 3.05. The van der Waals surface area contributed by atoms with E-state index in [1.54, 1.807) is 12.1 Å². The van der Waals surface area contributed by atoms with Crippen molar-refractivity contribution in [3.63, 3.8) is 0 Å². The first-order valence-electron chi connectivity index (χ1n) is 8.97. The van der Waals surface area contributed by atoms with Crippen molar-refractivity contribution in [3.8, 4) is 5.69 Å². The third-order valence-electron chi connectivity index (χ3n) is 4.50. The quantitative estimate of drug-likeness (QED) is 0.608. The third kappa shape index (κ3) is 4.37. The summed E-state index contributed by atoms with van der Waals surface area (Å²) in [6, 6.07) is 16.9. The number of hydrogen-bond acceptors (Lipinski definition) is 5. The summed E-state index contributed by atoms with van der Waals surface area (Å²) in [5.41, 5.74) is 1.68. The van der Waals surface area contributed by atoms with E-state index >= 15 is 0 Å². The Morgan fingerprint density at radius 3 is 2.48 bits per heavy atom. The van der Waals surface area contributed by atoms with Gasteiger partial charge in [-0.15, -0.1) is 10.2 Å². The largest absolute Gasteiger partial charge is 0.379 e. The molecule has 0 amide bonds. The number of thioether (sulfide) groups is 1. The van der Waals surface area contributed by atoms with Crippen LogP contribution < -0.4 is 0 Å². The first-order valence-corrected chi connectivity index (χ1v) is 9.96. The fraction of sp³-hybridized carbons (Fsp3) is 0.300. The molecule has 0 N–H and O–H groups in total. The molecule has 0 bridgehead atoms. The summed E-state index contributed by atoms with van der Waals surface area (Å²) >= 11 is 1.50. The van der Waals surface area contributed by atoms with Crippen molar-refractivity contribution in [2.24, 2.45) is 0 Å². The molecule has 2 heterocycles. The van der Waals surface area contributed by atoms with E-state index in [9.17, 15) is 4.39 Å². The summed E-state index contributed by atoms with van der Waals surface area (Å²) in [6.45, 7) is 3.98. The first kappa shape index (κ1) is 18.2. The first-order chi connectivity index (χ1) is 13.3. The van der Waals surface area contributed by atoms with Gasteiger partial charge in [0.05, 0.1) is 19.8 Å². The fourth-order valence-corrected chi connectivity index (χ4v) is 4.01. The van der Waals surface area contributed by atoms with Crippen LogP contribution in [0.15, 0.2) is 59.8 Å². The van der Waals surface area contributed by atoms with Crippen LogP contribution in [0.4, 0.5) is 4.39 Å². The van der Waals surface area contributed by atoms with Crippen molar-refractivity contribution in [2.75, 3.05) is 26.3 Å². The molecule has 1 aliphatic heterocycles. The summed E-state index contributed by atoms with van der Waals surface area (Å²) in [4.78, 5) is 2.32. The van der Waals surface area contributed by atoms with Crippen LogP contribution >= 0.6 is 11.8 Å². The highest BCUT2D eigenvalue weighted by Gasteiger charge is 2.19. The number of nitrogens with zero attached hydrogens (tertiary/aromatic N) is 4. The second kappa shape index (κ2) is 8.65. The molecule has 0 spiro atoms. The lowest BCUT2D eigenvalue weighted by molar-refractivity contribution is 0.0328. The second-order valence-corrected chi connectivity index (χ2v) is 7.28. The smallest absolute Gasteiger partial charge is 0.196 e. The number of ether oxygens (including phenoxy) is 1. The van der Waals surface area contributed by atoms with E-state index in [4.69, 9.17) is 4.74 Å². The van der Waals surface area contributed by atoms with Gasteiger partial charge in [0.25, 0.3) is 0 Å². The number of hydrogen-bond donors (Lipinski definition) is 0. The molecule has 1 fully saturated rings. The lowest BCUT2D eigenvalue weighted by atomic mass is 10.2. The van der Waals surface area contributed by atoms with E-state index in [0.29, 0.717) is 17.9 Å². The van der Waals surface area contributed by atoms with Gasteiger partial charge in [-0.1, -0.05) is 48.2 Å². The van der Waals surface area contributed by atoms with Gasteiger partial charge in [-0.05, 0) is 23.8 Å². The topological polar surface area (TPSA) is 43.2 Å². The van der Waals surface area contributed by atoms with E-state index in [-0.39, 0.29) is 5.82 Å². The van der Waals surface area contributed by atoms with E-state index < -0.39 is 0 Å². The molecule has 3 aromatic rings. The van der Waals surface area contributed by atoms with Crippen molar-refractivity contribution in [1.29, 1.82) is 0 Å². The normalized spacial score (nSPS) is 15.1. The average Bonchev–Trinajstić information content (AvgIpc) is 3.11. The summed E-state index contributed by atoms with van der Waals surface area (Å²) in [5, 5.41) is 9.61. The molecule has 4 rings (SSSR count). The van der Waals surface area contributed by atoms with Crippen LogP contribution in [0.5, 0.6) is 0 Å². The van der Waals surface area contributed by atoms with Gasteiger partial charge in [0, 0.05) is 24.5 Å². The van der Waals surface area contributed by atoms with E-state index in [2.05, 4.69) is 19.7 Å². The zero-order valence-electron chi connectivity index (χ0n) is 14.9. The molecule has 0 atom stereocenters. The maximum absolute atomic E-state index is 14.0. The minimum Gasteiger partial charge on any atom is -0.379 e. The van der Waals surface area contributed by atoms with Gasteiger partial charge >= 0.3 is 0 Å². The maximum Gasteiger partial charge on any atom is 0.196 e. The van der Waals surface area contributed by atoms with E-state index in [1.165, 1.54) is 17.8 Å². The van der Waals surface area contributed by atoms with Crippen LogP contribution in [0.25, 0.3) is 5.69 Å². The molecule has 1 saturated heterocycles. The monoisotopic (exact) mass is 384 g/mol. The number of rotatable bonds is 6. The predicted molar refractivity (Wildman–Crippen MR) is 103 cm³/mol. The van der Waals surface area contributed by atoms with Gasteiger partial charge in [-0.3, -0.25) is 9.47 Å². The molecule has 1 aliphatic rings. The number of benzene rings is 2. The molecule has 0 aliphatic carbocycles. The SMILES string of the molecule is Fc1ccccc1CSc1nnc(CN2CCOCC2)n1-c1ccccc1. The minimum atomic E-state index is -0.190. The lowest BCUT2D eigenvalue weighted by Gasteiger charge is -2.26. The molecule has 7 heteroatoms. The number of aromatic nitrogens is 3. The van der Waals surface area contributed by atoms with Crippen molar-refractivity contribution in [3.05, 3.63) is 71.8 Å². The molecular weight excluding hydrogens is 363 g/mol. The molecular formula is C20H21FN4OS. The summed E-state index contributed by atoms with van der Waals surface area (Å²) in [7, 11) is 0. The summed E-state index contributed by atoms with van der Waals surface area (Å²) < 4.78 is 21.5. The van der Waals surface area contributed by atoms with Gasteiger partial charge in [0.2, 0.25) is 0 Å². The highest BCUT2D eigenvalue weighted by Crippen LogP contribution is 2.26. The van der Waals surface area contributed by atoms with Crippen molar-refractivity contribution >= 4 is 11.8 Å². The number of para-hydroxylation sites is 1. The molecule has 2 aromatic carbocycles. The Hall–Kier alpha value is -2.22. The van der Waals surface area contributed by atoms with Crippen LogP contribution in [-0.2, 0) is 17.0 Å². The van der Waals surface area contributed by atoms with E-state index in [1.807, 2.05) is 36.4 Å². The Balaban J connectivity index is 1.59. The standard InChI is InChI=1S/C20H21FN4OS/c21-18-9-5-4-6-16(18)15-27-20-23-22-19(14-24-10-12-26-13-11-24)25(20)17-7-2-1-3-8-17/h1-9H,10-15H2. The van der Waals surface area contributed by atoms with Crippen LogP contribution in [0.1, 0.15) is 11.4 Å². The average molecular weight is 384 g/mol. The zero-order chi connectivity index (χ0) is 18.5. The Bertz CT molecular complexity index is 881. The highest BCUT2D eigenvalue weighted by atomic mass is 32.2. The van der Waals surface area contributed by atoms with Crippen molar-refractivity contribution in [1.82, 2.24) is 19.7 Å². The Morgan fingerprint density at radius 2 is 1.70 bits per heavy atom. The van der Waals surface area contributed by atoms with Gasteiger partial charge in [0.15, 0.2) is 11.0 Å². The molecule has 1 aromatic heterocycles. The second-order valence-electron chi connectivity index (χ2n) is 6.34. The molecule has 5 nitrogen and oxygen atoms in total. The molecule has 0 unspecified atom stereocenters. The lowest BCUT2D eigenvalue weighted by Crippen LogP contribution is -2.36. The molecule has 0 saturated carbocycles. The zero-order valence-corrected chi connectivity index (χ0v) is 15.7. The molecule has 27 heavy (non-hydrogen) atoms. The predicted octanol–water partition coefficient (Wildman–Crippen LogP) is 3.53. The Morgan fingerprint density at radius 1 is 0.963 bits per heavy atom. The summed E-state index contributed by atoms with van der Waals surface area (Å²) in [6.07, 6.45) is 0. The van der Waals surface area contributed by atoms with Gasteiger partial charge in [-0.25, -0.2) is 4.39 Å². The van der Waals surface area contributed by atoms with Gasteiger partial charge < -0.3 is 4.74 Å².